The largest absolute Gasteiger partial charge is 0.496 e. The van der Waals surface area contributed by atoms with Crippen LogP contribution < -0.4 is 4.74 Å². The van der Waals surface area contributed by atoms with Gasteiger partial charge in [-0.1, -0.05) is 40.0 Å². The van der Waals surface area contributed by atoms with E-state index in [-0.39, 0.29) is 0 Å². The first-order valence-electron chi connectivity index (χ1n) is 8.79. The molecule has 0 fully saturated rings. The maximum Gasteiger partial charge on any atom is 0.130 e. The van der Waals surface area contributed by atoms with E-state index in [1.807, 2.05) is 0 Å². The highest BCUT2D eigenvalue weighted by Crippen LogP contribution is 2.31. The number of hydrogen-bond donors (Lipinski definition) is 0. The van der Waals surface area contributed by atoms with Crippen LogP contribution in [0.2, 0.25) is 0 Å². The van der Waals surface area contributed by atoms with Gasteiger partial charge in [-0.3, -0.25) is 0 Å². The van der Waals surface area contributed by atoms with E-state index in [1.165, 1.54) is 61.6 Å². The first-order chi connectivity index (χ1) is 10.2. The molecular weight excluding hydrogens is 256 g/mol. The van der Waals surface area contributed by atoms with Crippen LogP contribution in [0.25, 0.3) is 0 Å². The molecule has 1 aromatic carbocycles. The van der Waals surface area contributed by atoms with Gasteiger partial charge in [-0.25, -0.2) is 0 Å². The standard InChI is InChI=1S/C20H33O/c1-6-9-12-17-15-20(21-5)19(14-11-8-3)16(4)18(17)13-10-7-2/h6-14H2,1-5H3. The van der Waals surface area contributed by atoms with Crippen molar-refractivity contribution in [2.45, 2.75) is 85.5 Å². The number of benzene rings is 1. The molecule has 1 heteroatoms. The summed E-state index contributed by atoms with van der Waals surface area (Å²) in [6.45, 7) is 9.07. The first-order valence-corrected chi connectivity index (χ1v) is 8.79. The second-order valence-electron chi connectivity index (χ2n) is 6.03. The van der Waals surface area contributed by atoms with Gasteiger partial charge < -0.3 is 4.74 Å². The molecule has 1 aromatic rings. The molecule has 0 atom stereocenters. The number of aryl methyl sites for hydroxylation is 1. The number of rotatable bonds is 10. The molecule has 0 saturated heterocycles. The molecule has 0 aliphatic carbocycles. The predicted molar refractivity (Wildman–Crippen MR) is 92.4 cm³/mol. The van der Waals surface area contributed by atoms with E-state index in [0.717, 1.165) is 18.6 Å². The van der Waals surface area contributed by atoms with Crippen LogP contribution in [0.5, 0.6) is 5.75 Å². The van der Waals surface area contributed by atoms with E-state index in [1.54, 1.807) is 12.7 Å². The summed E-state index contributed by atoms with van der Waals surface area (Å²) in [4.78, 5) is 0. The van der Waals surface area contributed by atoms with Gasteiger partial charge in [0.05, 0.1) is 7.11 Å². The molecule has 21 heavy (non-hydrogen) atoms. The molecule has 0 amide bonds. The van der Waals surface area contributed by atoms with Crippen LogP contribution in [0.1, 0.15) is 81.5 Å². The molecule has 0 heterocycles. The maximum absolute atomic E-state index is 5.65. The summed E-state index contributed by atoms with van der Waals surface area (Å²) in [6, 6.07) is 3.60. The van der Waals surface area contributed by atoms with Crippen LogP contribution in [0.15, 0.2) is 0 Å². The van der Waals surface area contributed by atoms with Crippen LogP contribution in [-0.2, 0) is 19.3 Å². The van der Waals surface area contributed by atoms with Gasteiger partial charge in [0.15, 0.2) is 0 Å². The van der Waals surface area contributed by atoms with Crippen molar-refractivity contribution < 1.29 is 4.74 Å². The average Bonchev–Trinajstić information content (AvgIpc) is 2.50. The second kappa shape index (κ2) is 9.87. The molecule has 119 valence electrons. The van der Waals surface area contributed by atoms with Crippen molar-refractivity contribution in [3.05, 3.63) is 28.3 Å². The highest BCUT2D eigenvalue weighted by molar-refractivity contribution is 5.48. The number of methoxy groups -OCH3 is 1. The summed E-state index contributed by atoms with van der Waals surface area (Å²) in [7, 11) is 1.79. The average molecular weight is 289 g/mol. The van der Waals surface area contributed by atoms with Crippen LogP contribution in [0.3, 0.4) is 0 Å². The molecule has 0 unspecified atom stereocenters. The summed E-state index contributed by atoms with van der Waals surface area (Å²) in [5.41, 5.74) is 5.82. The third-order valence-corrected chi connectivity index (χ3v) is 4.35. The predicted octanol–water partition coefficient (Wildman–Crippen LogP) is 5.83. The van der Waals surface area contributed by atoms with Crippen LogP contribution in [-0.4, -0.2) is 7.11 Å². The minimum atomic E-state index is 0.993. The zero-order valence-electron chi connectivity index (χ0n) is 14.8. The zero-order valence-corrected chi connectivity index (χ0v) is 14.8. The maximum atomic E-state index is 5.65. The van der Waals surface area contributed by atoms with Crippen molar-refractivity contribution in [1.82, 2.24) is 0 Å². The molecule has 0 saturated carbocycles. The lowest BCUT2D eigenvalue weighted by molar-refractivity contribution is 0.406. The first kappa shape index (κ1) is 18.1. The SMILES string of the molecule is CCCCc1[c]c(OC)c(CCCC)c(C)c1CCCC. The van der Waals surface area contributed by atoms with E-state index in [4.69, 9.17) is 4.74 Å². The molecule has 0 aliphatic rings. The monoisotopic (exact) mass is 289 g/mol. The fraction of sp³-hybridized carbons (Fsp3) is 0.700. The molecule has 0 aliphatic heterocycles. The fourth-order valence-electron chi connectivity index (χ4n) is 2.95. The minimum Gasteiger partial charge on any atom is -0.496 e. The number of unbranched alkanes of at least 4 members (excludes halogenated alkanes) is 3. The Balaban J connectivity index is 3.19. The Morgan fingerprint density at radius 1 is 0.810 bits per heavy atom. The van der Waals surface area contributed by atoms with Crippen molar-refractivity contribution in [3.63, 3.8) is 0 Å². The molecule has 1 rings (SSSR count). The third kappa shape index (κ3) is 5.05. The normalized spacial score (nSPS) is 10.9. The lowest BCUT2D eigenvalue weighted by atomic mass is 9.88. The van der Waals surface area contributed by atoms with Crippen LogP contribution >= 0.6 is 0 Å². The van der Waals surface area contributed by atoms with Gasteiger partial charge >= 0.3 is 0 Å². The summed E-state index contributed by atoms with van der Waals surface area (Å²) < 4.78 is 5.65. The fourth-order valence-corrected chi connectivity index (χ4v) is 2.95. The second-order valence-corrected chi connectivity index (χ2v) is 6.03. The van der Waals surface area contributed by atoms with Gasteiger partial charge in [0, 0.05) is 6.07 Å². The number of ether oxygens (including phenoxy) is 1. The van der Waals surface area contributed by atoms with Gasteiger partial charge in [-0.15, -0.1) is 0 Å². The van der Waals surface area contributed by atoms with Gasteiger partial charge in [-0.05, 0) is 67.7 Å². The highest BCUT2D eigenvalue weighted by atomic mass is 16.5. The van der Waals surface area contributed by atoms with Crippen molar-refractivity contribution in [1.29, 1.82) is 0 Å². The Labute approximate surface area is 132 Å². The van der Waals surface area contributed by atoms with E-state index in [2.05, 4.69) is 33.8 Å². The van der Waals surface area contributed by atoms with Crippen LogP contribution in [0.4, 0.5) is 0 Å². The molecular formula is C20H33O. The summed E-state index contributed by atoms with van der Waals surface area (Å²) in [5, 5.41) is 0. The Morgan fingerprint density at radius 2 is 1.33 bits per heavy atom. The van der Waals surface area contributed by atoms with Crippen molar-refractivity contribution >= 4 is 0 Å². The summed E-state index contributed by atoms with van der Waals surface area (Å²) >= 11 is 0. The molecule has 0 N–H and O–H groups in total. The Kier molecular flexibility index (Phi) is 8.49. The summed E-state index contributed by atoms with van der Waals surface area (Å²) in [5.74, 6) is 0.993. The Bertz CT molecular complexity index is 420. The molecule has 0 spiro atoms. The van der Waals surface area contributed by atoms with Crippen molar-refractivity contribution in [3.8, 4) is 5.75 Å². The van der Waals surface area contributed by atoms with Crippen molar-refractivity contribution in [2.24, 2.45) is 0 Å². The quantitative estimate of drug-likeness (QED) is 0.526. The minimum absolute atomic E-state index is 0.993. The lowest BCUT2D eigenvalue weighted by Gasteiger charge is -2.19. The Hall–Kier alpha value is -0.980. The van der Waals surface area contributed by atoms with Crippen molar-refractivity contribution in [2.75, 3.05) is 7.11 Å². The summed E-state index contributed by atoms with van der Waals surface area (Å²) in [6.07, 6.45) is 10.9. The zero-order chi connectivity index (χ0) is 15.7. The van der Waals surface area contributed by atoms with E-state index < -0.39 is 0 Å². The smallest absolute Gasteiger partial charge is 0.130 e. The van der Waals surface area contributed by atoms with E-state index in [9.17, 15) is 0 Å². The topological polar surface area (TPSA) is 9.23 Å². The van der Waals surface area contributed by atoms with Gasteiger partial charge in [0.2, 0.25) is 0 Å². The Morgan fingerprint density at radius 3 is 1.86 bits per heavy atom. The molecule has 1 radical (unpaired) electrons. The van der Waals surface area contributed by atoms with Gasteiger partial charge in [-0.2, -0.15) is 0 Å². The van der Waals surface area contributed by atoms with Gasteiger partial charge in [0.25, 0.3) is 0 Å². The lowest BCUT2D eigenvalue weighted by Crippen LogP contribution is -2.06. The molecule has 1 nitrogen and oxygen atoms in total. The van der Waals surface area contributed by atoms with E-state index >= 15 is 0 Å². The third-order valence-electron chi connectivity index (χ3n) is 4.35. The highest BCUT2D eigenvalue weighted by Gasteiger charge is 2.15. The molecule has 0 bridgehead atoms. The van der Waals surface area contributed by atoms with E-state index in [0.29, 0.717) is 0 Å². The molecule has 0 aromatic heterocycles. The van der Waals surface area contributed by atoms with Gasteiger partial charge in [0.1, 0.15) is 5.75 Å². The number of hydrogen-bond acceptors (Lipinski definition) is 1. The van der Waals surface area contributed by atoms with Crippen LogP contribution in [0, 0.1) is 13.0 Å².